The third-order valence-corrected chi connectivity index (χ3v) is 4.79. The Kier molecular flexibility index (Phi) is 4.71. The molecule has 3 aromatic heterocycles. The average Bonchev–Trinajstić information content (AvgIpc) is 3.11. The maximum absolute atomic E-state index is 11.9. The van der Waals surface area contributed by atoms with Gasteiger partial charge in [0.05, 0.1) is 5.01 Å². The summed E-state index contributed by atoms with van der Waals surface area (Å²) in [6.07, 6.45) is 4.45. The Bertz CT molecular complexity index is 871. The lowest BCUT2D eigenvalue weighted by molar-refractivity contribution is 0.853. The molecule has 0 fully saturated rings. The van der Waals surface area contributed by atoms with E-state index in [0.717, 1.165) is 35.0 Å². The molecule has 0 aliphatic rings. The number of nitrogens with zero attached hydrogens (tertiary/aromatic N) is 4. The number of pyridine rings is 1. The first-order chi connectivity index (χ1) is 11.5. The van der Waals surface area contributed by atoms with E-state index in [1.807, 2.05) is 37.7 Å². The molecule has 7 heteroatoms. The van der Waals surface area contributed by atoms with Crippen LogP contribution in [0.15, 0.2) is 34.7 Å². The van der Waals surface area contributed by atoms with Gasteiger partial charge in [-0.25, -0.2) is 15.0 Å². The molecular formula is C17H19N5OS. The Morgan fingerprint density at radius 1 is 1.25 bits per heavy atom. The van der Waals surface area contributed by atoms with Crippen LogP contribution in [0.1, 0.15) is 16.3 Å². The van der Waals surface area contributed by atoms with Gasteiger partial charge in [0.25, 0.3) is 5.56 Å². The van der Waals surface area contributed by atoms with Gasteiger partial charge in [0.2, 0.25) is 0 Å². The van der Waals surface area contributed by atoms with Gasteiger partial charge in [0.1, 0.15) is 11.6 Å². The highest BCUT2D eigenvalue weighted by molar-refractivity contribution is 7.09. The van der Waals surface area contributed by atoms with E-state index in [1.165, 1.54) is 0 Å². The van der Waals surface area contributed by atoms with Crippen LogP contribution in [-0.2, 0) is 6.42 Å². The zero-order valence-corrected chi connectivity index (χ0v) is 14.7. The predicted octanol–water partition coefficient (Wildman–Crippen LogP) is 2.58. The van der Waals surface area contributed by atoms with Gasteiger partial charge in [-0.1, -0.05) is 0 Å². The summed E-state index contributed by atoms with van der Waals surface area (Å²) in [5.74, 6) is 1.43. The Morgan fingerprint density at radius 3 is 2.71 bits per heavy atom. The van der Waals surface area contributed by atoms with Crippen molar-refractivity contribution in [1.82, 2.24) is 19.9 Å². The number of hydrogen-bond acceptors (Lipinski definition) is 6. The van der Waals surface area contributed by atoms with Gasteiger partial charge in [-0.05, 0) is 26.0 Å². The van der Waals surface area contributed by atoms with Gasteiger partial charge in [-0.3, -0.25) is 4.79 Å². The van der Waals surface area contributed by atoms with Gasteiger partial charge in [-0.15, -0.1) is 11.3 Å². The van der Waals surface area contributed by atoms with Crippen molar-refractivity contribution in [3.05, 3.63) is 56.5 Å². The number of aromatic nitrogens is 4. The minimum absolute atomic E-state index is 0.109. The standard InChI is InChI=1S/C17H19N5OS/c1-11-12(2)20-16(21-17(11)23)13-4-5-14(19-10-13)22(3)8-6-15-18-7-9-24-15/h4-5,7,9-10H,6,8H2,1-3H3,(H,20,21,23). The van der Waals surface area contributed by atoms with Gasteiger partial charge in [0, 0.05) is 54.6 Å². The number of nitrogens with one attached hydrogen (secondary N) is 1. The first-order valence-electron chi connectivity index (χ1n) is 7.68. The highest BCUT2D eigenvalue weighted by Gasteiger charge is 2.08. The van der Waals surface area contributed by atoms with Gasteiger partial charge in [0.15, 0.2) is 0 Å². The molecule has 0 spiro atoms. The molecule has 0 saturated heterocycles. The number of thiazole rings is 1. The number of aryl methyl sites for hydroxylation is 1. The first kappa shape index (κ1) is 16.3. The van der Waals surface area contributed by atoms with Crippen LogP contribution in [0.4, 0.5) is 5.82 Å². The molecule has 0 unspecified atom stereocenters. The van der Waals surface area contributed by atoms with Crippen molar-refractivity contribution < 1.29 is 0 Å². The monoisotopic (exact) mass is 341 g/mol. The minimum atomic E-state index is -0.109. The van der Waals surface area contributed by atoms with Crippen LogP contribution in [-0.4, -0.2) is 33.5 Å². The van der Waals surface area contributed by atoms with Crippen molar-refractivity contribution in [1.29, 1.82) is 0 Å². The van der Waals surface area contributed by atoms with Crippen LogP contribution in [0, 0.1) is 13.8 Å². The summed E-state index contributed by atoms with van der Waals surface area (Å²) in [5.41, 5.74) is 2.07. The van der Waals surface area contributed by atoms with Crippen molar-refractivity contribution in [2.45, 2.75) is 20.3 Å². The third kappa shape index (κ3) is 3.51. The number of aromatic amines is 1. The van der Waals surface area contributed by atoms with E-state index in [9.17, 15) is 4.79 Å². The molecule has 0 atom stereocenters. The maximum Gasteiger partial charge on any atom is 0.254 e. The quantitative estimate of drug-likeness (QED) is 0.772. The van der Waals surface area contributed by atoms with E-state index >= 15 is 0 Å². The fourth-order valence-electron chi connectivity index (χ4n) is 2.29. The molecule has 6 nitrogen and oxygen atoms in total. The highest BCUT2D eigenvalue weighted by Crippen LogP contribution is 2.17. The normalized spacial score (nSPS) is 10.8. The van der Waals surface area contributed by atoms with E-state index in [0.29, 0.717) is 11.4 Å². The van der Waals surface area contributed by atoms with Crippen LogP contribution in [0.3, 0.4) is 0 Å². The zero-order valence-electron chi connectivity index (χ0n) is 13.9. The van der Waals surface area contributed by atoms with Crippen LogP contribution in [0.2, 0.25) is 0 Å². The second-order valence-electron chi connectivity index (χ2n) is 5.63. The highest BCUT2D eigenvalue weighted by atomic mass is 32.1. The van der Waals surface area contributed by atoms with Crippen molar-refractivity contribution in [2.75, 3.05) is 18.5 Å². The Hall–Kier alpha value is -2.54. The summed E-state index contributed by atoms with van der Waals surface area (Å²) in [5, 5.41) is 3.11. The Balaban J connectivity index is 1.74. The Labute approximate surface area is 144 Å². The molecular weight excluding hydrogens is 322 g/mol. The molecule has 0 amide bonds. The molecule has 1 N–H and O–H groups in total. The van der Waals surface area contributed by atoms with Gasteiger partial charge >= 0.3 is 0 Å². The lowest BCUT2D eigenvalue weighted by Crippen LogP contribution is -2.21. The summed E-state index contributed by atoms with van der Waals surface area (Å²) in [6.45, 7) is 4.45. The van der Waals surface area contributed by atoms with Crippen LogP contribution in [0.5, 0.6) is 0 Å². The van der Waals surface area contributed by atoms with Crippen molar-refractivity contribution in [3.63, 3.8) is 0 Å². The number of likely N-dealkylation sites (N-methyl/N-ethyl adjacent to an activating group) is 1. The molecule has 0 aliphatic heterocycles. The predicted molar refractivity (Wildman–Crippen MR) is 96.7 cm³/mol. The largest absolute Gasteiger partial charge is 0.359 e. The third-order valence-electron chi connectivity index (χ3n) is 3.95. The summed E-state index contributed by atoms with van der Waals surface area (Å²) >= 11 is 1.66. The van der Waals surface area contributed by atoms with Crippen molar-refractivity contribution in [3.8, 4) is 11.4 Å². The minimum Gasteiger partial charge on any atom is -0.359 e. The maximum atomic E-state index is 11.9. The molecule has 3 rings (SSSR count). The summed E-state index contributed by atoms with van der Waals surface area (Å²) < 4.78 is 0. The summed E-state index contributed by atoms with van der Waals surface area (Å²) in [7, 11) is 2.01. The summed E-state index contributed by atoms with van der Waals surface area (Å²) in [4.78, 5) is 30.0. The zero-order chi connectivity index (χ0) is 17.1. The molecule has 0 saturated carbocycles. The van der Waals surface area contributed by atoms with Crippen molar-refractivity contribution >= 4 is 17.2 Å². The van der Waals surface area contributed by atoms with E-state index in [-0.39, 0.29) is 5.56 Å². The molecule has 3 heterocycles. The Morgan fingerprint density at radius 2 is 2.08 bits per heavy atom. The SMILES string of the molecule is Cc1nc(-c2ccc(N(C)CCc3nccs3)nc2)[nH]c(=O)c1C. The molecule has 0 radical (unpaired) electrons. The lowest BCUT2D eigenvalue weighted by atomic mass is 10.2. The molecule has 3 aromatic rings. The molecule has 24 heavy (non-hydrogen) atoms. The van der Waals surface area contributed by atoms with E-state index in [2.05, 4.69) is 24.8 Å². The molecule has 124 valence electrons. The smallest absolute Gasteiger partial charge is 0.254 e. The van der Waals surface area contributed by atoms with Crippen LogP contribution >= 0.6 is 11.3 Å². The second-order valence-corrected chi connectivity index (χ2v) is 6.61. The fourth-order valence-corrected chi connectivity index (χ4v) is 2.90. The lowest BCUT2D eigenvalue weighted by Gasteiger charge is -2.17. The van der Waals surface area contributed by atoms with Gasteiger partial charge in [-0.2, -0.15) is 0 Å². The molecule has 0 aliphatic carbocycles. The number of anilines is 1. The molecule has 0 bridgehead atoms. The molecule has 0 aromatic carbocycles. The number of H-pyrrole nitrogens is 1. The topological polar surface area (TPSA) is 74.8 Å². The number of hydrogen-bond donors (Lipinski definition) is 1. The first-order valence-corrected chi connectivity index (χ1v) is 8.56. The average molecular weight is 341 g/mol. The second kappa shape index (κ2) is 6.92. The van der Waals surface area contributed by atoms with E-state index in [1.54, 1.807) is 24.5 Å². The summed E-state index contributed by atoms with van der Waals surface area (Å²) in [6, 6.07) is 3.86. The number of rotatable bonds is 5. The van der Waals surface area contributed by atoms with E-state index in [4.69, 9.17) is 0 Å². The van der Waals surface area contributed by atoms with Crippen molar-refractivity contribution in [2.24, 2.45) is 0 Å². The van der Waals surface area contributed by atoms with Crippen LogP contribution in [0.25, 0.3) is 11.4 Å². The van der Waals surface area contributed by atoms with Gasteiger partial charge < -0.3 is 9.88 Å². The van der Waals surface area contributed by atoms with Crippen LogP contribution < -0.4 is 10.5 Å². The fraction of sp³-hybridized carbons (Fsp3) is 0.294. The van der Waals surface area contributed by atoms with E-state index < -0.39 is 0 Å².